The summed E-state index contributed by atoms with van der Waals surface area (Å²) in [6.45, 7) is 0. The van der Waals surface area contributed by atoms with Gasteiger partial charge in [-0.25, -0.2) is 4.98 Å². The third kappa shape index (κ3) is 3.32. The third-order valence-corrected chi connectivity index (χ3v) is 3.67. The molecule has 0 spiro atoms. The monoisotopic (exact) mass is 303 g/mol. The molecule has 0 atom stereocenters. The highest BCUT2D eigenvalue weighted by Gasteiger charge is 2.22. The second-order valence-electron chi connectivity index (χ2n) is 4.03. The van der Waals surface area contributed by atoms with Crippen LogP contribution >= 0.6 is 11.8 Å². The molecule has 0 aliphatic carbocycles. The van der Waals surface area contributed by atoms with Gasteiger partial charge in [-0.2, -0.15) is 0 Å². The van der Waals surface area contributed by atoms with Crippen LogP contribution in [0.3, 0.4) is 0 Å². The molecule has 1 aromatic carbocycles. The lowest BCUT2D eigenvalue weighted by molar-refractivity contribution is 0.0960. The van der Waals surface area contributed by atoms with Crippen molar-refractivity contribution < 1.29 is 14.3 Å². The predicted octanol–water partition coefficient (Wildman–Crippen LogP) is 1.44. The predicted molar refractivity (Wildman–Crippen MR) is 78.4 cm³/mol. The van der Waals surface area contributed by atoms with Gasteiger partial charge >= 0.3 is 0 Å². The van der Waals surface area contributed by atoms with E-state index in [0.29, 0.717) is 4.90 Å². The fraction of sp³-hybridized carbons (Fsp3) is 0.0714. The Bertz CT molecular complexity index is 689. The number of nitrogens with zero attached hydrogens (tertiary/aromatic N) is 1. The van der Waals surface area contributed by atoms with Gasteiger partial charge in [-0.15, -0.1) is 0 Å². The zero-order chi connectivity index (χ0) is 15.4. The van der Waals surface area contributed by atoms with Crippen molar-refractivity contribution in [2.45, 2.75) is 9.79 Å². The maximum atomic E-state index is 11.7. The molecule has 0 aliphatic rings. The second kappa shape index (κ2) is 6.27. The standard InChI is InChI=1S/C14H13N3O3S/c1-20-10-7-9(21-8-5-3-2-4-6-8)11(13(15)18)12(17-10)14(16)19/h2-7H,1H3,(H2,15,18)(H2,16,19). The van der Waals surface area contributed by atoms with Gasteiger partial charge in [-0.1, -0.05) is 30.0 Å². The van der Waals surface area contributed by atoms with Crippen molar-refractivity contribution in [2.24, 2.45) is 11.5 Å². The van der Waals surface area contributed by atoms with E-state index >= 15 is 0 Å². The van der Waals surface area contributed by atoms with Crippen molar-refractivity contribution in [1.82, 2.24) is 4.98 Å². The lowest BCUT2D eigenvalue weighted by Crippen LogP contribution is -2.23. The van der Waals surface area contributed by atoms with Crippen LogP contribution in [0.1, 0.15) is 20.8 Å². The Kier molecular flexibility index (Phi) is 4.44. The number of benzene rings is 1. The van der Waals surface area contributed by atoms with E-state index in [2.05, 4.69) is 4.98 Å². The summed E-state index contributed by atoms with van der Waals surface area (Å²) in [6, 6.07) is 10.9. The first-order valence-corrected chi connectivity index (χ1v) is 6.76. The zero-order valence-electron chi connectivity index (χ0n) is 11.2. The van der Waals surface area contributed by atoms with Crippen molar-refractivity contribution >= 4 is 23.6 Å². The Morgan fingerprint density at radius 2 is 1.81 bits per heavy atom. The summed E-state index contributed by atoms with van der Waals surface area (Å²) in [5, 5.41) is 0. The largest absolute Gasteiger partial charge is 0.481 e. The number of hydrogen-bond donors (Lipinski definition) is 2. The molecule has 0 saturated carbocycles. The van der Waals surface area contributed by atoms with Crippen LogP contribution in [0.25, 0.3) is 0 Å². The van der Waals surface area contributed by atoms with E-state index < -0.39 is 11.8 Å². The lowest BCUT2D eigenvalue weighted by atomic mass is 10.1. The number of amides is 2. The number of ether oxygens (including phenoxy) is 1. The molecule has 2 aromatic rings. The number of primary amides is 2. The fourth-order valence-corrected chi connectivity index (χ4v) is 2.72. The van der Waals surface area contributed by atoms with Gasteiger partial charge in [-0.05, 0) is 12.1 Å². The average molecular weight is 303 g/mol. The molecule has 0 bridgehead atoms. The van der Waals surface area contributed by atoms with Crippen molar-refractivity contribution in [3.05, 3.63) is 47.7 Å². The number of aromatic nitrogens is 1. The minimum atomic E-state index is -0.836. The first-order valence-electron chi connectivity index (χ1n) is 5.94. The molecular weight excluding hydrogens is 290 g/mol. The highest BCUT2D eigenvalue weighted by Crippen LogP contribution is 2.33. The topological polar surface area (TPSA) is 108 Å². The highest BCUT2D eigenvalue weighted by molar-refractivity contribution is 7.99. The zero-order valence-corrected chi connectivity index (χ0v) is 12.0. The number of hydrogen-bond acceptors (Lipinski definition) is 5. The number of rotatable bonds is 5. The SMILES string of the molecule is COc1cc(Sc2ccccc2)c(C(N)=O)c(C(N)=O)n1. The summed E-state index contributed by atoms with van der Waals surface area (Å²) in [4.78, 5) is 28.4. The van der Waals surface area contributed by atoms with Crippen LogP contribution in [-0.4, -0.2) is 23.9 Å². The van der Waals surface area contributed by atoms with E-state index in [4.69, 9.17) is 16.2 Å². The maximum absolute atomic E-state index is 11.7. The molecule has 6 nitrogen and oxygen atoms in total. The summed E-state index contributed by atoms with van der Waals surface area (Å²) in [7, 11) is 1.41. The summed E-state index contributed by atoms with van der Waals surface area (Å²) in [6.07, 6.45) is 0. The molecule has 108 valence electrons. The lowest BCUT2D eigenvalue weighted by Gasteiger charge is -2.11. The summed E-state index contributed by atoms with van der Waals surface area (Å²) >= 11 is 1.28. The molecule has 7 heteroatoms. The molecule has 1 aromatic heterocycles. The highest BCUT2D eigenvalue weighted by atomic mass is 32.2. The maximum Gasteiger partial charge on any atom is 0.268 e. The first-order chi connectivity index (χ1) is 10.0. The molecule has 0 unspecified atom stereocenters. The van der Waals surface area contributed by atoms with E-state index in [0.717, 1.165) is 4.90 Å². The van der Waals surface area contributed by atoms with Crippen molar-refractivity contribution in [3.63, 3.8) is 0 Å². The second-order valence-corrected chi connectivity index (χ2v) is 5.15. The average Bonchev–Trinajstić information content (AvgIpc) is 2.47. The van der Waals surface area contributed by atoms with Gasteiger partial charge in [0.25, 0.3) is 11.8 Å². The number of nitrogens with two attached hydrogens (primary N) is 2. The van der Waals surface area contributed by atoms with E-state index in [1.807, 2.05) is 30.3 Å². The number of pyridine rings is 1. The minimum absolute atomic E-state index is 0.00264. The van der Waals surface area contributed by atoms with Gasteiger partial charge < -0.3 is 16.2 Å². The van der Waals surface area contributed by atoms with Crippen molar-refractivity contribution in [1.29, 1.82) is 0 Å². The summed E-state index contributed by atoms with van der Waals surface area (Å²) in [5.74, 6) is -1.41. The molecule has 2 amide bonds. The van der Waals surface area contributed by atoms with Gasteiger partial charge in [0.05, 0.1) is 12.7 Å². The van der Waals surface area contributed by atoms with Gasteiger partial charge in [0.1, 0.15) is 5.69 Å². The fourth-order valence-electron chi connectivity index (χ4n) is 1.72. The quantitative estimate of drug-likeness (QED) is 0.868. The summed E-state index contributed by atoms with van der Waals surface area (Å²) < 4.78 is 5.03. The Morgan fingerprint density at radius 1 is 1.14 bits per heavy atom. The molecule has 0 saturated heterocycles. The van der Waals surface area contributed by atoms with Crippen LogP contribution in [0.2, 0.25) is 0 Å². The van der Waals surface area contributed by atoms with Crippen molar-refractivity contribution in [2.75, 3.05) is 7.11 Å². The van der Waals surface area contributed by atoms with Gasteiger partial charge in [0.2, 0.25) is 5.88 Å². The first kappa shape index (κ1) is 14.9. The van der Waals surface area contributed by atoms with E-state index in [1.54, 1.807) is 6.07 Å². The normalized spacial score (nSPS) is 10.1. The smallest absolute Gasteiger partial charge is 0.268 e. The van der Waals surface area contributed by atoms with Crippen LogP contribution in [0, 0.1) is 0 Å². The van der Waals surface area contributed by atoms with Gasteiger partial charge in [0, 0.05) is 15.9 Å². The Balaban J connectivity index is 2.59. The van der Waals surface area contributed by atoms with Crippen LogP contribution < -0.4 is 16.2 Å². The van der Waals surface area contributed by atoms with Crippen LogP contribution in [0.5, 0.6) is 5.88 Å². The minimum Gasteiger partial charge on any atom is -0.481 e. The molecule has 1 heterocycles. The number of methoxy groups -OCH3 is 1. The molecule has 0 aliphatic heterocycles. The van der Waals surface area contributed by atoms with Crippen LogP contribution in [0.4, 0.5) is 0 Å². The third-order valence-electron chi connectivity index (χ3n) is 2.62. The molecule has 4 N–H and O–H groups in total. The summed E-state index contributed by atoms with van der Waals surface area (Å²) in [5.41, 5.74) is 10.4. The van der Waals surface area contributed by atoms with E-state index in [-0.39, 0.29) is 17.1 Å². The van der Waals surface area contributed by atoms with Gasteiger partial charge in [0.15, 0.2) is 0 Å². The van der Waals surface area contributed by atoms with E-state index in [1.165, 1.54) is 18.9 Å². The number of carbonyl (C=O) groups is 2. The van der Waals surface area contributed by atoms with E-state index in [9.17, 15) is 9.59 Å². The van der Waals surface area contributed by atoms with Crippen molar-refractivity contribution in [3.8, 4) is 5.88 Å². The van der Waals surface area contributed by atoms with Gasteiger partial charge in [-0.3, -0.25) is 9.59 Å². The molecule has 0 fully saturated rings. The Hall–Kier alpha value is -2.54. The van der Waals surface area contributed by atoms with Crippen LogP contribution in [-0.2, 0) is 0 Å². The Labute approximate surface area is 125 Å². The molecule has 0 radical (unpaired) electrons. The number of carbonyl (C=O) groups excluding carboxylic acids is 2. The molecular formula is C14H13N3O3S. The molecule has 2 rings (SSSR count). The van der Waals surface area contributed by atoms with Crippen LogP contribution in [0.15, 0.2) is 46.2 Å². The Morgan fingerprint density at radius 3 is 2.33 bits per heavy atom. The molecule has 21 heavy (non-hydrogen) atoms.